The van der Waals surface area contributed by atoms with Gasteiger partial charge in [-0.25, -0.2) is 0 Å². The number of rotatable bonds is 4. The SMILES string of the molecule is CC(CN=C(N)C1CCCCC1)N(C)C. The van der Waals surface area contributed by atoms with E-state index in [1.54, 1.807) is 0 Å². The van der Waals surface area contributed by atoms with Gasteiger partial charge in [0.15, 0.2) is 0 Å². The fourth-order valence-corrected chi connectivity index (χ4v) is 1.93. The van der Waals surface area contributed by atoms with Crippen LogP contribution in [0, 0.1) is 5.92 Å². The molecule has 1 saturated carbocycles. The zero-order chi connectivity index (χ0) is 11.3. The molecule has 0 heterocycles. The number of aliphatic imine (C=N–C) groups is 1. The summed E-state index contributed by atoms with van der Waals surface area (Å²) in [7, 11) is 4.16. The molecule has 1 atom stereocenters. The lowest BCUT2D eigenvalue weighted by Crippen LogP contribution is -2.31. The molecule has 0 aromatic heterocycles. The van der Waals surface area contributed by atoms with E-state index < -0.39 is 0 Å². The maximum absolute atomic E-state index is 6.03. The van der Waals surface area contributed by atoms with Gasteiger partial charge in [-0.1, -0.05) is 19.3 Å². The molecule has 2 N–H and O–H groups in total. The summed E-state index contributed by atoms with van der Waals surface area (Å²) in [6.07, 6.45) is 6.50. The lowest BCUT2D eigenvalue weighted by molar-refractivity contribution is 0.320. The zero-order valence-electron chi connectivity index (χ0n) is 10.4. The molecule has 0 aromatic rings. The first-order chi connectivity index (χ1) is 7.11. The molecule has 15 heavy (non-hydrogen) atoms. The van der Waals surface area contributed by atoms with Crippen molar-refractivity contribution in [3.05, 3.63) is 0 Å². The molecule has 0 amide bonds. The molecule has 1 aliphatic carbocycles. The molecule has 1 fully saturated rings. The highest BCUT2D eigenvalue weighted by atomic mass is 15.1. The van der Waals surface area contributed by atoms with Crippen molar-refractivity contribution >= 4 is 5.84 Å². The molecule has 0 spiro atoms. The smallest absolute Gasteiger partial charge is 0.0969 e. The Morgan fingerprint density at radius 1 is 1.33 bits per heavy atom. The van der Waals surface area contributed by atoms with Crippen molar-refractivity contribution in [2.75, 3.05) is 20.6 Å². The average molecular weight is 211 g/mol. The van der Waals surface area contributed by atoms with Gasteiger partial charge >= 0.3 is 0 Å². The van der Waals surface area contributed by atoms with E-state index in [4.69, 9.17) is 5.73 Å². The Morgan fingerprint density at radius 3 is 2.47 bits per heavy atom. The van der Waals surface area contributed by atoms with Gasteiger partial charge in [-0.05, 0) is 33.9 Å². The van der Waals surface area contributed by atoms with Crippen LogP contribution in [0.5, 0.6) is 0 Å². The van der Waals surface area contributed by atoms with Gasteiger partial charge in [0, 0.05) is 12.0 Å². The van der Waals surface area contributed by atoms with Crippen LogP contribution in [0.25, 0.3) is 0 Å². The Bertz CT molecular complexity index is 205. The monoisotopic (exact) mass is 211 g/mol. The molecular formula is C12H25N3. The number of amidine groups is 1. The van der Waals surface area contributed by atoms with Gasteiger partial charge in [0.05, 0.1) is 12.4 Å². The van der Waals surface area contributed by atoms with Crippen LogP contribution in [-0.4, -0.2) is 37.4 Å². The van der Waals surface area contributed by atoms with Crippen molar-refractivity contribution < 1.29 is 0 Å². The van der Waals surface area contributed by atoms with Gasteiger partial charge in [0.2, 0.25) is 0 Å². The van der Waals surface area contributed by atoms with E-state index in [1.165, 1.54) is 32.1 Å². The molecule has 1 rings (SSSR count). The van der Waals surface area contributed by atoms with Crippen molar-refractivity contribution in [2.45, 2.75) is 45.1 Å². The molecule has 0 aromatic carbocycles. The highest BCUT2D eigenvalue weighted by Crippen LogP contribution is 2.23. The van der Waals surface area contributed by atoms with Gasteiger partial charge in [0.25, 0.3) is 0 Å². The minimum atomic E-state index is 0.479. The van der Waals surface area contributed by atoms with Gasteiger partial charge in [-0.3, -0.25) is 4.99 Å². The van der Waals surface area contributed by atoms with Crippen molar-refractivity contribution in [1.82, 2.24) is 4.90 Å². The topological polar surface area (TPSA) is 41.6 Å². The predicted molar refractivity (Wildman–Crippen MR) is 66.2 cm³/mol. The first-order valence-corrected chi connectivity index (χ1v) is 6.07. The molecule has 1 unspecified atom stereocenters. The minimum Gasteiger partial charge on any atom is -0.387 e. The fourth-order valence-electron chi connectivity index (χ4n) is 1.93. The Hall–Kier alpha value is -0.570. The van der Waals surface area contributed by atoms with Crippen molar-refractivity contribution in [3.8, 4) is 0 Å². The second-order valence-electron chi connectivity index (χ2n) is 4.91. The van der Waals surface area contributed by atoms with E-state index in [9.17, 15) is 0 Å². The maximum Gasteiger partial charge on any atom is 0.0969 e. The Labute approximate surface area is 93.7 Å². The molecule has 1 aliphatic rings. The number of nitrogens with zero attached hydrogens (tertiary/aromatic N) is 2. The Morgan fingerprint density at radius 2 is 1.93 bits per heavy atom. The van der Waals surface area contributed by atoms with Gasteiger partial charge in [-0.2, -0.15) is 0 Å². The van der Waals surface area contributed by atoms with Crippen molar-refractivity contribution in [2.24, 2.45) is 16.6 Å². The number of hydrogen-bond acceptors (Lipinski definition) is 2. The quantitative estimate of drug-likeness (QED) is 0.570. The van der Waals surface area contributed by atoms with Crippen LogP contribution in [0.4, 0.5) is 0 Å². The zero-order valence-corrected chi connectivity index (χ0v) is 10.4. The summed E-state index contributed by atoms with van der Waals surface area (Å²) < 4.78 is 0. The average Bonchev–Trinajstić information content (AvgIpc) is 2.26. The Balaban J connectivity index is 2.37. The van der Waals surface area contributed by atoms with E-state index in [2.05, 4.69) is 30.9 Å². The highest BCUT2D eigenvalue weighted by molar-refractivity contribution is 5.82. The number of hydrogen-bond donors (Lipinski definition) is 1. The summed E-state index contributed by atoms with van der Waals surface area (Å²) in [5.74, 6) is 1.46. The summed E-state index contributed by atoms with van der Waals surface area (Å²) in [5.41, 5.74) is 6.03. The van der Waals surface area contributed by atoms with Crippen LogP contribution < -0.4 is 5.73 Å². The number of likely N-dealkylation sites (N-methyl/N-ethyl adjacent to an activating group) is 1. The van der Waals surface area contributed by atoms with Crippen LogP contribution in [0.2, 0.25) is 0 Å². The van der Waals surface area contributed by atoms with Gasteiger partial charge in [-0.15, -0.1) is 0 Å². The van der Waals surface area contributed by atoms with E-state index in [1.807, 2.05) is 0 Å². The van der Waals surface area contributed by atoms with Crippen molar-refractivity contribution in [3.63, 3.8) is 0 Å². The molecule has 88 valence electrons. The summed E-state index contributed by atoms with van der Waals surface area (Å²) in [6, 6.07) is 0.479. The second kappa shape index (κ2) is 6.11. The first-order valence-electron chi connectivity index (χ1n) is 6.07. The molecule has 3 heteroatoms. The lowest BCUT2D eigenvalue weighted by atomic mass is 9.88. The number of nitrogens with two attached hydrogens (primary N) is 1. The largest absolute Gasteiger partial charge is 0.387 e. The third-order valence-electron chi connectivity index (χ3n) is 3.44. The summed E-state index contributed by atoms with van der Waals surface area (Å²) in [6.45, 7) is 3.01. The van der Waals surface area contributed by atoms with Crippen LogP contribution in [0.1, 0.15) is 39.0 Å². The molecule has 0 aliphatic heterocycles. The van der Waals surface area contributed by atoms with Crippen LogP contribution >= 0.6 is 0 Å². The van der Waals surface area contributed by atoms with Crippen LogP contribution in [-0.2, 0) is 0 Å². The van der Waals surface area contributed by atoms with E-state index >= 15 is 0 Å². The molecule has 0 radical (unpaired) electrons. The van der Waals surface area contributed by atoms with Gasteiger partial charge < -0.3 is 10.6 Å². The molecule has 3 nitrogen and oxygen atoms in total. The minimum absolute atomic E-state index is 0.479. The molecule has 0 saturated heterocycles. The summed E-state index contributed by atoms with van der Waals surface area (Å²) in [4.78, 5) is 6.70. The Kier molecular flexibility index (Phi) is 5.09. The lowest BCUT2D eigenvalue weighted by Gasteiger charge is -2.22. The van der Waals surface area contributed by atoms with Crippen LogP contribution in [0.3, 0.4) is 0 Å². The normalized spacial score (nSPS) is 22.0. The first kappa shape index (κ1) is 12.5. The highest BCUT2D eigenvalue weighted by Gasteiger charge is 2.16. The van der Waals surface area contributed by atoms with E-state index in [-0.39, 0.29) is 0 Å². The van der Waals surface area contributed by atoms with Crippen LogP contribution in [0.15, 0.2) is 4.99 Å². The molecular weight excluding hydrogens is 186 g/mol. The maximum atomic E-state index is 6.03. The van der Waals surface area contributed by atoms with Gasteiger partial charge in [0.1, 0.15) is 0 Å². The predicted octanol–water partition coefficient (Wildman–Crippen LogP) is 1.87. The molecule has 0 bridgehead atoms. The summed E-state index contributed by atoms with van der Waals surface area (Å²) >= 11 is 0. The van der Waals surface area contributed by atoms with E-state index in [0.29, 0.717) is 12.0 Å². The fraction of sp³-hybridized carbons (Fsp3) is 0.917. The van der Waals surface area contributed by atoms with E-state index in [0.717, 1.165) is 12.4 Å². The van der Waals surface area contributed by atoms with Crippen molar-refractivity contribution in [1.29, 1.82) is 0 Å². The third-order valence-corrected chi connectivity index (χ3v) is 3.44. The summed E-state index contributed by atoms with van der Waals surface area (Å²) in [5, 5.41) is 0. The second-order valence-corrected chi connectivity index (χ2v) is 4.91. The third kappa shape index (κ3) is 4.20. The standard InChI is InChI=1S/C12H25N3/c1-10(15(2)3)9-14-12(13)11-7-5-4-6-8-11/h10-11H,4-9H2,1-3H3,(H2,13,14).